The van der Waals surface area contributed by atoms with Crippen molar-refractivity contribution >= 4 is 23.5 Å². The predicted molar refractivity (Wildman–Crippen MR) is 59.5 cm³/mol. The Balaban J connectivity index is 2.68. The Morgan fingerprint density at radius 2 is 1.78 bits per heavy atom. The minimum absolute atomic E-state index is 0.124. The fraction of sp³-hybridized carbons (Fsp3) is 0.111. The number of aliphatic imine (C=N–C) groups is 1. The lowest BCUT2D eigenvalue weighted by Gasteiger charge is -2.03. The summed E-state index contributed by atoms with van der Waals surface area (Å²) in [5.41, 5.74) is 3.64. The van der Waals surface area contributed by atoms with Crippen LogP contribution in [0.25, 0.3) is 0 Å². The standard InChI is InChI=1S/C9H6N4O5/c10-9(14)5-1-4(6-3-11-6)7(12(15)16)2-8(5)13(17)18/h1-3,6H,(H2,10,14). The molecule has 0 saturated heterocycles. The fourth-order valence-corrected chi connectivity index (χ4v) is 1.54. The number of amides is 1. The number of nitrogens with two attached hydrogens (primary N) is 1. The highest BCUT2D eigenvalue weighted by atomic mass is 16.6. The van der Waals surface area contributed by atoms with Gasteiger partial charge >= 0.3 is 0 Å². The maximum absolute atomic E-state index is 11.1. The van der Waals surface area contributed by atoms with Crippen molar-refractivity contribution in [1.29, 1.82) is 0 Å². The van der Waals surface area contributed by atoms with Crippen LogP contribution in [-0.4, -0.2) is 22.0 Å². The van der Waals surface area contributed by atoms with Crippen LogP contribution in [-0.2, 0) is 0 Å². The quantitative estimate of drug-likeness (QED) is 0.618. The van der Waals surface area contributed by atoms with E-state index in [9.17, 15) is 25.0 Å². The van der Waals surface area contributed by atoms with Crippen molar-refractivity contribution in [3.05, 3.63) is 43.5 Å². The number of carbonyl (C=O) groups excluding carboxylic acids is 1. The van der Waals surface area contributed by atoms with E-state index >= 15 is 0 Å². The summed E-state index contributed by atoms with van der Waals surface area (Å²) in [4.78, 5) is 34.8. The summed E-state index contributed by atoms with van der Waals surface area (Å²) in [5, 5.41) is 21.6. The predicted octanol–water partition coefficient (Wildman–Crippen LogP) is 0.727. The van der Waals surface area contributed by atoms with Crippen LogP contribution in [0.1, 0.15) is 22.0 Å². The molecule has 2 rings (SSSR count). The van der Waals surface area contributed by atoms with Gasteiger partial charge in [0.25, 0.3) is 17.3 Å². The van der Waals surface area contributed by atoms with E-state index in [1.807, 2.05) is 0 Å². The zero-order valence-electron chi connectivity index (χ0n) is 8.77. The van der Waals surface area contributed by atoms with Gasteiger partial charge in [0.05, 0.1) is 21.5 Å². The van der Waals surface area contributed by atoms with Crippen LogP contribution in [0.3, 0.4) is 0 Å². The number of primary amides is 1. The van der Waals surface area contributed by atoms with E-state index in [1.54, 1.807) is 0 Å². The first kappa shape index (κ1) is 11.6. The van der Waals surface area contributed by atoms with Gasteiger partial charge in [0.15, 0.2) is 0 Å². The van der Waals surface area contributed by atoms with Crippen molar-refractivity contribution in [2.45, 2.75) is 6.04 Å². The average molecular weight is 250 g/mol. The molecule has 1 heterocycles. The molecule has 1 atom stereocenters. The molecule has 0 fully saturated rings. The van der Waals surface area contributed by atoms with Crippen LogP contribution in [0, 0.1) is 20.2 Å². The monoisotopic (exact) mass is 250 g/mol. The number of benzene rings is 1. The molecule has 0 bridgehead atoms. The van der Waals surface area contributed by atoms with Gasteiger partial charge in [0.1, 0.15) is 11.6 Å². The van der Waals surface area contributed by atoms with Gasteiger partial charge in [-0.1, -0.05) is 0 Å². The molecule has 0 radical (unpaired) electrons. The third-order valence-electron chi connectivity index (χ3n) is 2.42. The second kappa shape index (κ2) is 3.87. The lowest BCUT2D eigenvalue weighted by Crippen LogP contribution is -2.14. The number of nitro groups is 2. The first-order valence-electron chi connectivity index (χ1n) is 4.71. The van der Waals surface area contributed by atoms with Gasteiger partial charge in [-0.2, -0.15) is 0 Å². The Morgan fingerprint density at radius 3 is 2.17 bits per heavy atom. The van der Waals surface area contributed by atoms with Gasteiger partial charge in [0, 0.05) is 6.21 Å². The van der Waals surface area contributed by atoms with E-state index in [2.05, 4.69) is 4.99 Å². The first-order valence-corrected chi connectivity index (χ1v) is 4.71. The topological polar surface area (TPSA) is 142 Å². The van der Waals surface area contributed by atoms with Crippen molar-refractivity contribution in [3.8, 4) is 0 Å². The van der Waals surface area contributed by atoms with Crippen LogP contribution in [0.4, 0.5) is 11.4 Å². The SMILES string of the molecule is NC(=O)c1cc(C2C=N2)c([N+](=O)[O-])cc1[N+](=O)[O-]. The lowest BCUT2D eigenvalue weighted by atomic mass is 10.0. The molecule has 0 spiro atoms. The fourth-order valence-electron chi connectivity index (χ4n) is 1.54. The summed E-state index contributed by atoms with van der Waals surface area (Å²) >= 11 is 0. The zero-order valence-corrected chi connectivity index (χ0v) is 8.77. The van der Waals surface area contributed by atoms with Gasteiger partial charge in [-0.25, -0.2) is 0 Å². The molecule has 1 unspecified atom stereocenters. The normalized spacial score (nSPS) is 16.3. The molecule has 1 aliphatic rings. The summed E-state index contributed by atoms with van der Waals surface area (Å²) in [6.45, 7) is 0. The van der Waals surface area contributed by atoms with E-state index in [0.29, 0.717) is 0 Å². The number of nitro benzene ring substituents is 2. The van der Waals surface area contributed by atoms with Gasteiger partial charge in [-0.3, -0.25) is 30.0 Å². The van der Waals surface area contributed by atoms with E-state index in [4.69, 9.17) is 5.73 Å². The molecule has 9 heteroatoms. The smallest absolute Gasteiger partial charge is 0.289 e. The molecule has 1 aromatic rings. The molecule has 0 aliphatic carbocycles. The molecule has 1 aromatic carbocycles. The van der Waals surface area contributed by atoms with Crippen LogP contribution in [0.15, 0.2) is 17.1 Å². The van der Waals surface area contributed by atoms with Crippen molar-refractivity contribution < 1.29 is 14.6 Å². The molecule has 0 aromatic heterocycles. The second-order valence-electron chi connectivity index (χ2n) is 3.55. The summed E-state index contributed by atoms with van der Waals surface area (Å²) in [6, 6.07) is 1.28. The Bertz CT molecular complexity index is 603. The molecule has 92 valence electrons. The van der Waals surface area contributed by atoms with Gasteiger partial charge in [-0.05, 0) is 6.07 Å². The van der Waals surface area contributed by atoms with Crippen LogP contribution >= 0.6 is 0 Å². The van der Waals surface area contributed by atoms with Crippen LogP contribution in [0.5, 0.6) is 0 Å². The molecule has 9 nitrogen and oxygen atoms in total. The van der Waals surface area contributed by atoms with Crippen molar-refractivity contribution in [2.24, 2.45) is 10.7 Å². The Kier molecular flexibility index (Phi) is 2.51. The molecular weight excluding hydrogens is 244 g/mol. The van der Waals surface area contributed by atoms with E-state index < -0.39 is 33.2 Å². The van der Waals surface area contributed by atoms with Gasteiger partial charge in [0.2, 0.25) is 0 Å². The largest absolute Gasteiger partial charge is 0.365 e. The average Bonchev–Trinajstić information content (AvgIpc) is 3.10. The van der Waals surface area contributed by atoms with Crippen molar-refractivity contribution in [1.82, 2.24) is 0 Å². The highest BCUT2D eigenvalue weighted by Gasteiger charge is 2.32. The highest BCUT2D eigenvalue weighted by molar-refractivity contribution is 5.98. The Morgan fingerprint density at radius 1 is 1.22 bits per heavy atom. The highest BCUT2D eigenvalue weighted by Crippen LogP contribution is 2.36. The van der Waals surface area contributed by atoms with Crippen LogP contribution < -0.4 is 5.73 Å². The Hall–Kier alpha value is -2.84. The molecule has 18 heavy (non-hydrogen) atoms. The second-order valence-corrected chi connectivity index (χ2v) is 3.55. The number of nitrogens with zero attached hydrogens (tertiary/aromatic N) is 3. The molecule has 2 N–H and O–H groups in total. The van der Waals surface area contributed by atoms with Crippen LogP contribution in [0.2, 0.25) is 0 Å². The first-order chi connectivity index (χ1) is 8.41. The number of rotatable bonds is 4. The maximum Gasteiger partial charge on any atom is 0.289 e. The number of carbonyl (C=O) groups is 1. The van der Waals surface area contributed by atoms with Gasteiger partial charge < -0.3 is 5.73 Å². The summed E-state index contributed by atoms with van der Waals surface area (Å²) in [5.74, 6) is -1.02. The summed E-state index contributed by atoms with van der Waals surface area (Å²) < 4.78 is 0. The molecular formula is C9H6N4O5. The number of hydrogen-bond acceptors (Lipinski definition) is 6. The Labute approximate surface area is 99.2 Å². The molecule has 1 amide bonds. The van der Waals surface area contributed by atoms with Crippen molar-refractivity contribution in [2.75, 3.05) is 0 Å². The maximum atomic E-state index is 11.1. The third kappa shape index (κ3) is 1.88. The summed E-state index contributed by atoms with van der Waals surface area (Å²) in [7, 11) is 0. The summed E-state index contributed by atoms with van der Waals surface area (Å²) in [6.07, 6.45) is 1.43. The lowest BCUT2D eigenvalue weighted by molar-refractivity contribution is -0.394. The third-order valence-corrected chi connectivity index (χ3v) is 2.42. The van der Waals surface area contributed by atoms with Gasteiger partial charge in [-0.15, -0.1) is 0 Å². The molecule has 0 saturated carbocycles. The number of hydrogen-bond donors (Lipinski definition) is 1. The zero-order chi connectivity index (χ0) is 13.4. The minimum atomic E-state index is -1.02. The molecule has 1 aliphatic heterocycles. The minimum Gasteiger partial charge on any atom is -0.365 e. The van der Waals surface area contributed by atoms with E-state index in [1.165, 1.54) is 6.21 Å². The van der Waals surface area contributed by atoms with Crippen molar-refractivity contribution in [3.63, 3.8) is 0 Å². The van der Waals surface area contributed by atoms with E-state index in [-0.39, 0.29) is 11.1 Å². The van der Waals surface area contributed by atoms with E-state index in [0.717, 1.165) is 12.1 Å².